The molecule has 0 aliphatic carbocycles. The van der Waals surface area contributed by atoms with E-state index >= 15 is 0 Å². The lowest BCUT2D eigenvalue weighted by Gasteiger charge is -2.11. The first-order chi connectivity index (χ1) is 11.3. The van der Waals surface area contributed by atoms with Gasteiger partial charge in [-0.1, -0.05) is 23.7 Å². The zero-order chi connectivity index (χ0) is 15.6. The highest BCUT2D eigenvalue weighted by molar-refractivity contribution is 6.32. The molecule has 118 valence electrons. The van der Waals surface area contributed by atoms with Gasteiger partial charge in [-0.15, -0.1) is 0 Å². The van der Waals surface area contributed by atoms with Crippen LogP contribution >= 0.6 is 11.6 Å². The van der Waals surface area contributed by atoms with Gasteiger partial charge in [0.25, 0.3) is 6.01 Å². The second-order valence-electron chi connectivity index (χ2n) is 5.30. The zero-order valence-corrected chi connectivity index (χ0v) is 13.1. The van der Waals surface area contributed by atoms with Gasteiger partial charge in [0, 0.05) is 13.0 Å². The van der Waals surface area contributed by atoms with Crippen molar-refractivity contribution in [3.8, 4) is 11.5 Å². The molecule has 1 aromatic heterocycles. The molecule has 0 radical (unpaired) electrons. The third-order valence-electron chi connectivity index (χ3n) is 3.60. The van der Waals surface area contributed by atoms with Crippen molar-refractivity contribution in [3.63, 3.8) is 0 Å². The normalized spacial score (nSPS) is 13.8. The van der Waals surface area contributed by atoms with Gasteiger partial charge in [-0.05, 0) is 29.8 Å². The Morgan fingerprint density at radius 2 is 2.00 bits per heavy atom. The number of hydrogen-bond acceptors (Lipinski definition) is 5. The van der Waals surface area contributed by atoms with Crippen LogP contribution in [0.3, 0.4) is 0 Å². The first-order valence-electron chi connectivity index (χ1n) is 7.47. The number of fused-ring (bicyclic) bond motifs is 2. The van der Waals surface area contributed by atoms with E-state index in [1.165, 1.54) is 0 Å². The summed E-state index contributed by atoms with van der Waals surface area (Å²) >= 11 is 6.29. The summed E-state index contributed by atoms with van der Waals surface area (Å²) in [5, 5.41) is 3.72. The second kappa shape index (κ2) is 6.01. The molecule has 0 saturated heterocycles. The Morgan fingerprint density at radius 3 is 2.91 bits per heavy atom. The van der Waals surface area contributed by atoms with Crippen LogP contribution in [-0.2, 0) is 6.54 Å². The van der Waals surface area contributed by atoms with Crippen LogP contribution in [-0.4, -0.2) is 18.2 Å². The number of rotatable bonds is 3. The van der Waals surface area contributed by atoms with E-state index in [0.717, 1.165) is 23.1 Å². The Morgan fingerprint density at radius 1 is 1.13 bits per heavy atom. The molecule has 23 heavy (non-hydrogen) atoms. The Kier molecular flexibility index (Phi) is 3.71. The fraction of sp³-hybridized carbons (Fsp3) is 0.235. The Hall–Kier alpha value is -2.40. The van der Waals surface area contributed by atoms with Gasteiger partial charge >= 0.3 is 0 Å². The summed E-state index contributed by atoms with van der Waals surface area (Å²) in [6, 6.07) is 11.9. The molecule has 1 N–H and O–H groups in total. The maximum Gasteiger partial charge on any atom is 0.295 e. The summed E-state index contributed by atoms with van der Waals surface area (Å²) in [6.45, 7) is 1.78. The molecule has 0 bridgehead atoms. The van der Waals surface area contributed by atoms with Crippen molar-refractivity contribution < 1.29 is 13.9 Å². The molecule has 0 spiro atoms. The average molecular weight is 331 g/mol. The van der Waals surface area contributed by atoms with Crippen LogP contribution in [0.1, 0.15) is 12.0 Å². The molecule has 0 amide bonds. The Bertz CT molecular complexity index is 814. The van der Waals surface area contributed by atoms with Crippen molar-refractivity contribution in [2.24, 2.45) is 0 Å². The Labute approximate surface area is 138 Å². The molecule has 6 heteroatoms. The smallest absolute Gasteiger partial charge is 0.295 e. The van der Waals surface area contributed by atoms with E-state index in [2.05, 4.69) is 10.3 Å². The zero-order valence-electron chi connectivity index (χ0n) is 12.3. The van der Waals surface area contributed by atoms with Gasteiger partial charge in [0.2, 0.25) is 0 Å². The van der Waals surface area contributed by atoms with Crippen molar-refractivity contribution in [3.05, 3.63) is 47.0 Å². The monoisotopic (exact) mass is 330 g/mol. The highest BCUT2D eigenvalue weighted by atomic mass is 35.5. The molecule has 5 nitrogen and oxygen atoms in total. The summed E-state index contributed by atoms with van der Waals surface area (Å²) in [5.41, 5.74) is 2.56. The fourth-order valence-electron chi connectivity index (χ4n) is 2.51. The molecule has 0 unspecified atom stereocenters. The van der Waals surface area contributed by atoms with Gasteiger partial charge in [-0.3, -0.25) is 0 Å². The predicted octanol–water partition coefficient (Wildman–Crippen LogP) is 4.25. The maximum absolute atomic E-state index is 6.29. The van der Waals surface area contributed by atoms with Crippen LogP contribution in [0.4, 0.5) is 6.01 Å². The Balaban J connectivity index is 1.54. The topological polar surface area (TPSA) is 56.5 Å². The molecule has 0 fully saturated rings. The molecule has 4 rings (SSSR count). The van der Waals surface area contributed by atoms with E-state index in [-0.39, 0.29) is 0 Å². The molecular weight excluding hydrogens is 316 g/mol. The number of halogens is 1. The summed E-state index contributed by atoms with van der Waals surface area (Å²) in [6.07, 6.45) is 0.849. The predicted molar refractivity (Wildman–Crippen MR) is 88.4 cm³/mol. The van der Waals surface area contributed by atoms with Gasteiger partial charge in [0.15, 0.2) is 17.1 Å². The summed E-state index contributed by atoms with van der Waals surface area (Å²) < 4.78 is 17.0. The lowest BCUT2D eigenvalue weighted by molar-refractivity contribution is 0.297. The maximum atomic E-state index is 6.29. The van der Waals surface area contributed by atoms with Crippen LogP contribution in [0.2, 0.25) is 5.02 Å². The number of nitrogens with zero attached hydrogens (tertiary/aromatic N) is 1. The summed E-state index contributed by atoms with van der Waals surface area (Å²) in [5.74, 6) is 1.30. The third-order valence-corrected chi connectivity index (χ3v) is 3.88. The van der Waals surface area contributed by atoms with E-state index < -0.39 is 0 Å². The van der Waals surface area contributed by atoms with Gasteiger partial charge in [0.05, 0.1) is 18.2 Å². The average Bonchev–Trinajstić information content (AvgIpc) is 2.82. The first kappa shape index (κ1) is 14.2. The minimum atomic E-state index is 0.481. The van der Waals surface area contributed by atoms with Crippen molar-refractivity contribution in [2.75, 3.05) is 18.5 Å². The van der Waals surface area contributed by atoms with Crippen LogP contribution in [0.5, 0.6) is 11.5 Å². The number of aromatic nitrogens is 1. The molecule has 2 heterocycles. The van der Waals surface area contributed by atoms with Crippen LogP contribution in [0, 0.1) is 0 Å². The summed E-state index contributed by atoms with van der Waals surface area (Å²) in [4.78, 5) is 4.39. The molecule has 0 atom stereocenters. The number of benzene rings is 2. The number of hydrogen-bond donors (Lipinski definition) is 1. The molecule has 0 saturated carbocycles. The van der Waals surface area contributed by atoms with Crippen molar-refractivity contribution in [1.82, 2.24) is 4.98 Å². The standard InChI is InChI=1S/C17H15ClN2O3/c18-12-8-11(9-15-16(12)22-7-3-6-21-15)10-19-17-20-13-4-1-2-5-14(13)23-17/h1-2,4-5,8-9H,3,6-7,10H2,(H,19,20). The highest BCUT2D eigenvalue weighted by Gasteiger charge is 2.15. The molecule has 3 aromatic rings. The minimum absolute atomic E-state index is 0.481. The van der Waals surface area contributed by atoms with Gasteiger partial charge in [-0.25, -0.2) is 0 Å². The molecule has 1 aliphatic rings. The third kappa shape index (κ3) is 2.92. The second-order valence-corrected chi connectivity index (χ2v) is 5.70. The fourth-order valence-corrected chi connectivity index (χ4v) is 2.80. The van der Waals surface area contributed by atoms with E-state index in [9.17, 15) is 0 Å². The van der Waals surface area contributed by atoms with Gasteiger partial charge in [-0.2, -0.15) is 4.98 Å². The largest absolute Gasteiger partial charge is 0.489 e. The summed E-state index contributed by atoms with van der Waals surface area (Å²) in [7, 11) is 0. The molecular formula is C17H15ClN2O3. The lowest BCUT2D eigenvalue weighted by atomic mass is 10.2. The number of anilines is 1. The minimum Gasteiger partial charge on any atom is -0.489 e. The quantitative estimate of drug-likeness (QED) is 0.777. The van der Waals surface area contributed by atoms with Crippen LogP contribution in [0.25, 0.3) is 11.1 Å². The molecule has 1 aliphatic heterocycles. The van der Waals surface area contributed by atoms with Crippen molar-refractivity contribution in [2.45, 2.75) is 13.0 Å². The van der Waals surface area contributed by atoms with E-state index in [1.54, 1.807) is 0 Å². The SMILES string of the molecule is Clc1cc(CNc2nc3ccccc3o2)cc2c1OCCCO2. The van der Waals surface area contributed by atoms with E-state index in [1.807, 2.05) is 36.4 Å². The van der Waals surface area contributed by atoms with Crippen molar-refractivity contribution in [1.29, 1.82) is 0 Å². The first-order valence-corrected chi connectivity index (χ1v) is 7.85. The van der Waals surface area contributed by atoms with Crippen molar-refractivity contribution >= 4 is 28.7 Å². The number of para-hydroxylation sites is 2. The van der Waals surface area contributed by atoms with Gasteiger partial charge in [0.1, 0.15) is 5.52 Å². The van der Waals surface area contributed by atoms with E-state index in [0.29, 0.717) is 42.3 Å². The van der Waals surface area contributed by atoms with Crippen LogP contribution in [0.15, 0.2) is 40.8 Å². The highest BCUT2D eigenvalue weighted by Crippen LogP contribution is 2.38. The number of oxazole rings is 1. The van der Waals surface area contributed by atoms with E-state index in [4.69, 9.17) is 25.5 Å². The lowest BCUT2D eigenvalue weighted by Crippen LogP contribution is -2.01. The molecule has 2 aromatic carbocycles. The van der Waals surface area contributed by atoms with Crippen LogP contribution < -0.4 is 14.8 Å². The number of nitrogens with one attached hydrogen (secondary N) is 1. The number of ether oxygens (including phenoxy) is 2. The van der Waals surface area contributed by atoms with Gasteiger partial charge < -0.3 is 19.2 Å².